The maximum atomic E-state index is 14.7. The van der Waals surface area contributed by atoms with E-state index in [1.165, 1.54) is 6.20 Å². The third kappa shape index (κ3) is 4.67. The molecule has 33 heavy (non-hydrogen) atoms. The molecule has 6 N–H and O–H groups in total. The number of nitrogens with one attached hydrogen (secondary N) is 2. The number of nitrogens with two attached hydrogens (primary N) is 2. The number of hydrogen-bond donors (Lipinski definition) is 4. The van der Waals surface area contributed by atoms with Gasteiger partial charge in [0.15, 0.2) is 0 Å². The van der Waals surface area contributed by atoms with Crippen LogP contribution in [-0.2, 0) is 0 Å². The van der Waals surface area contributed by atoms with Crippen molar-refractivity contribution in [1.29, 1.82) is 0 Å². The molecule has 8 nitrogen and oxygen atoms in total. The van der Waals surface area contributed by atoms with Crippen molar-refractivity contribution in [2.75, 3.05) is 7.05 Å². The standard InChI is InChI=1S/C23H32FN8P/c1-14-10-23(2,24)21(26)9-20(14)31(3)30-19(5-4-8-25)17-7-6-16(15-11-28-32(33)13-15)18-12-27-29-22(17)18/h4-8,11-14,20-21,30H,9-10,25-26,33H2,1-3H3,(H,27,29)/b8-4-,19-5-. The lowest BCUT2D eigenvalue weighted by molar-refractivity contribution is 0.00972. The molecule has 0 spiro atoms. The first-order chi connectivity index (χ1) is 15.7. The van der Waals surface area contributed by atoms with Gasteiger partial charge in [-0.3, -0.25) is 9.55 Å². The van der Waals surface area contributed by atoms with Crippen molar-refractivity contribution in [2.24, 2.45) is 17.4 Å². The summed E-state index contributed by atoms with van der Waals surface area (Å²) < 4.78 is 16.4. The molecule has 1 aromatic carbocycles. The average molecular weight is 471 g/mol. The number of fused-ring (bicyclic) bond motifs is 1. The Labute approximate surface area is 195 Å². The number of hydrogen-bond acceptors (Lipinski definition) is 6. The number of aromatic amines is 1. The van der Waals surface area contributed by atoms with Gasteiger partial charge in [0.1, 0.15) is 5.67 Å². The van der Waals surface area contributed by atoms with Gasteiger partial charge in [-0.05, 0) is 59.0 Å². The molecule has 1 saturated carbocycles. The minimum absolute atomic E-state index is 0.0819. The summed E-state index contributed by atoms with van der Waals surface area (Å²) in [6, 6.07) is 3.68. The van der Waals surface area contributed by atoms with Crippen LogP contribution in [0.25, 0.3) is 27.7 Å². The molecule has 0 bridgehead atoms. The number of allylic oxidation sites excluding steroid dienone is 2. The molecule has 2 heterocycles. The first kappa shape index (κ1) is 23.4. The van der Waals surface area contributed by atoms with Crippen LogP contribution in [0.2, 0.25) is 0 Å². The number of alkyl halides is 1. The van der Waals surface area contributed by atoms with E-state index in [1.807, 2.05) is 42.8 Å². The lowest BCUT2D eigenvalue weighted by Gasteiger charge is -2.44. The molecule has 1 aliphatic carbocycles. The SMILES string of the molecule is CC1CC(C)(F)C(N)CC1N(C)N/C(=C\C=C/N)c1ccc(-c2cnn(P)c2)c2cn[nH]c12. The Balaban J connectivity index is 1.67. The van der Waals surface area contributed by atoms with Crippen molar-refractivity contribution in [3.8, 4) is 11.1 Å². The number of rotatable bonds is 6. The zero-order valence-corrected chi connectivity index (χ0v) is 20.3. The highest BCUT2D eigenvalue weighted by Crippen LogP contribution is 2.37. The van der Waals surface area contributed by atoms with Crippen LogP contribution in [0.5, 0.6) is 0 Å². The fraction of sp³-hybridized carbons (Fsp3) is 0.391. The zero-order chi connectivity index (χ0) is 23.8. The van der Waals surface area contributed by atoms with Gasteiger partial charge in [-0.2, -0.15) is 10.2 Å². The predicted molar refractivity (Wildman–Crippen MR) is 134 cm³/mol. The molecule has 1 fully saturated rings. The average Bonchev–Trinajstić information content (AvgIpc) is 3.42. The van der Waals surface area contributed by atoms with E-state index in [9.17, 15) is 4.39 Å². The largest absolute Gasteiger partial charge is 0.405 e. The van der Waals surface area contributed by atoms with Crippen molar-refractivity contribution in [3.05, 3.63) is 54.6 Å². The molecule has 3 aromatic rings. The second-order valence-corrected chi connectivity index (χ2v) is 9.61. The van der Waals surface area contributed by atoms with E-state index in [-0.39, 0.29) is 12.0 Å². The molecule has 0 radical (unpaired) electrons. The lowest BCUT2D eigenvalue weighted by atomic mass is 9.75. The Morgan fingerprint density at radius 3 is 2.91 bits per heavy atom. The van der Waals surface area contributed by atoms with E-state index in [4.69, 9.17) is 11.5 Å². The van der Waals surface area contributed by atoms with Crippen LogP contribution >= 0.6 is 9.39 Å². The van der Waals surface area contributed by atoms with Gasteiger partial charge in [-0.1, -0.05) is 19.1 Å². The number of aromatic nitrogens is 4. The summed E-state index contributed by atoms with van der Waals surface area (Å²) in [5, 5.41) is 14.7. The van der Waals surface area contributed by atoms with Crippen LogP contribution in [0, 0.1) is 5.92 Å². The van der Waals surface area contributed by atoms with E-state index in [1.54, 1.807) is 17.5 Å². The van der Waals surface area contributed by atoms with E-state index in [0.29, 0.717) is 12.8 Å². The van der Waals surface area contributed by atoms with E-state index < -0.39 is 11.7 Å². The molecule has 5 atom stereocenters. The van der Waals surface area contributed by atoms with Gasteiger partial charge >= 0.3 is 0 Å². The van der Waals surface area contributed by atoms with E-state index in [2.05, 4.69) is 43.1 Å². The Hall–Kier alpha value is -2.74. The van der Waals surface area contributed by atoms with Crippen LogP contribution in [-0.4, -0.2) is 49.6 Å². The van der Waals surface area contributed by atoms with Crippen LogP contribution in [0.3, 0.4) is 0 Å². The summed E-state index contributed by atoms with van der Waals surface area (Å²) in [4.78, 5) is 0. The van der Waals surface area contributed by atoms with Crippen molar-refractivity contribution in [1.82, 2.24) is 30.2 Å². The summed E-state index contributed by atoms with van der Waals surface area (Å²) in [6.45, 7) is 3.68. The number of benzene rings is 1. The highest BCUT2D eigenvalue weighted by Gasteiger charge is 2.43. The van der Waals surface area contributed by atoms with E-state index in [0.717, 1.165) is 33.3 Å². The summed E-state index contributed by atoms with van der Waals surface area (Å²) in [7, 11) is 4.51. The van der Waals surface area contributed by atoms with Crippen LogP contribution < -0.4 is 16.9 Å². The smallest absolute Gasteiger partial charge is 0.123 e. The molecule has 1 aliphatic rings. The minimum Gasteiger partial charge on any atom is -0.405 e. The number of hydrazine groups is 1. The summed E-state index contributed by atoms with van der Waals surface area (Å²) >= 11 is 0. The van der Waals surface area contributed by atoms with Crippen molar-refractivity contribution >= 4 is 26.0 Å². The summed E-state index contributed by atoms with van der Waals surface area (Å²) in [5.74, 6) is 0.140. The molecule has 4 rings (SSSR count). The molecule has 0 amide bonds. The fourth-order valence-electron chi connectivity index (χ4n) is 4.80. The maximum absolute atomic E-state index is 14.7. The number of H-pyrrole nitrogens is 1. The lowest BCUT2D eigenvalue weighted by Crippen LogP contribution is -2.57. The molecule has 0 saturated heterocycles. The minimum atomic E-state index is -1.35. The van der Waals surface area contributed by atoms with Gasteiger partial charge in [0.25, 0.3) is 0 Å². The molecule has 5 unspecified atom stereocenters. The Morgan fingerprint density at radius 2 is 2.21 bits per heavy atom. The molecule has 2 aromatic heterocycles. The third-order valence-corrected chi connectivity index (χ3v) is 6.92. The quantitative estimate of drug-likeness (QED) is 0.250. The predicted octanol–water partition coefficient (Wildman–Crippen LogP) is 3.17. The molecular weight excluding hydrogens is 438 g/mol. The Morgan fingerprint density at radius 1 is 1.42 bits per heavy atom. The van der Waals surface area contributed by atoms with Gasteiger partial charge in [0, 0.05) is 41.8 Å². The maximum Gasteiger partial charge on any atom is 0.123 e. The fourth-order valence-corrected chi connectivity index (χ4v) is 5.02. The van der Waals surface area contributed by atoms with Gasteiger partial charge in [-0.15, -0.1) is 0 Å². The molecule has 10 heteroatoms. The van der Waals surface area contributed by atoms with Crippen molar-refractivity contribution in [2.45, 2.75) is 44.4 Å². The van der Waals surface area contributed by atoms with E-state index >= 15 is 0 Å². The van der Waals surface area contributed by atoms with Gasteiger partial charge in [-0.25, -0.2) is 9.40 Å². The van der Waals surface area contributed by atoms with Gasteiger partial charge in [0.05, 0.1) is 23.6 Å². The second-order valence-electron chi connectivity index (χ2n) is 9.09. The van der Waals surface area contributed by atoms with Crippen LogP contribution in [0.15, 0.2) is 49.1 Å². The summed E-state index contributed by atoms with van der Waals surface area (Å²) in [6.07, 6.45) is 11.8. The highest BCUT2D eigenvalue weighted by molar-refractivity contribution is 7.14. The van der Waals surface area contributed by atoms with Crippen LogP contribution in [0.4, 0.5) is 4.39 Å². The highest BCUT2D eigenvalue weighted by atomic mass is 31.0. The zero-order valence-electron chi connectivity index (χ0n) is 19.2. The Bertz CT molecular complexity index is 1180. The summed E-state index contributed by atoms with van der Waals surface area (Å²) in [5.41, 5.74) is 18.7. The second kappa shape index (κ2) is 9.25. The van der Waals surface area contributed by atoms with Gasteiger partial charge in [0.2, 0.25) is 0 Å². The van der Waals surface area contributed by atoms with Crippen molar-refractivity contribution < 1.29 is 4.39 Å². The third-order valence-electron chi connectivity index (χ3n) is 6.63. The normalized spacial score (nSPS) is 26.5. The first-order valence-electron chi connectivity index (χ1n) is 11.0. The molecule has 0 aliphatic heterocycles. The Kier molecular flexibility index (Phi) is 6.56. The molecule has 176 valence electrons. The number of nitrogens with zero attached hydrogens (tertiary/aromatic N) is 4. The van der Waals surface area contributed by atoms with Crippen LogP contribution in [0.1, 0.15) is 32.3 Å². The van der Waals surface area contributed by atoms with Crippen molar-refractivity contribution in [3.63, 3.8) is 0 Å². The topological polar surface area (TPSA) is 114 Å². The monoisotopic (exact) mass is 470 g/mol. The van der Waals surface area contributed by atoms with Gasteiger partial charge < -0.3 is 16.9 Å². The number of halogens is 1. The first-order valence-corrected chi connectivity index (χ1v) is 11.5. The molecular formula is C23H32FN8P.